The zero-order chi connectivity index (χ0) is 31.1. The van der Waals surface area contributed by atoms with Crippen molar-refractivity contribution in [1.82, 2.24) is 9.97 Å². The molecule has 6 nitrogen and oxygen atoms in total. The lowest BCUT2D eigenvalue weighted by Crippen LogP contribution is -2.50. The number of hydrogen-bond acceptors (Lipinski definition) is 5. The van der Waals surface area contributed by atoms with Gasteiger partial charge in [-0.25, -0.2) is 0 Å². The summed E-state index contributed by atoms with van der Waals surface area (Å²) >= 11 is 0. The van der Waals surface area contributed by atoms with E-state index in [2.05, 4.69) is 63.3 Å². The average Bonchev–Trinajstić information content (AvgIpc) is 2.96. The van der Waals surface area contributed by atoms with Crippen LogP contribution >= 0.6 is 0 Å². The number of aromatic nitrogens is 2. The van der Waals surface area contributed by atoms with E-state index in [9.17, 15) is 0 Å². The molecule has 0 radical (unpaired) electrons. The molecule has 0 saturated heterocycles. The lowest BCUT2D eigenvalue weighted by atomic mass is 10.0. The fraction of sp³-hybridized carbons (Fsp3) is 0.857. The summed E-state index contributed by atoms with van der Waals surface area (Å²) in [6, 6.07) is 0. The molecule has 0 unspecified atom stereocenters. The Hall–Kier alpha value is -1.49. The smallest absolute Gasteiger partial charge is 0.371 e. The van der Waals surface area contributed by atoms with Crippen molar-refractivity contribution in [3.8, 4) is 5.75 Å². The molecule has 0 N–H and O–H groups in total. The lowest BCUT2D eigenvalue weighted by Gasteiger charge is -2.42. The number of nitrogens with zero attached hydrogens (tertiary/aromatic N) is 3. The van der Waals surface area contributed by atoms with E-state index in [1.807, 2.05) is 0 Å². The minimum atomic E-state index is -2.02. The van der Waals surface area contributed by atoms with Gasteiger partial charge in [-0.2, -0.15) is 9.97 Å². The van der Waals surface area contributed by atoms with Crippen LogP contribution in [0.15, 0.2) is 12.4 Å². The standard InChI is InChI=1S/C35H65N3O3Si/c1-9-10-11-12-13-14-15-16-17-18-19-20-21-22-23-24-25-39-28-34(41-33-26-37-35(36-8)38-27-33)29-40-42(30(2)3,31(4)5)32(6)7/h26-27,30-32,34H,9-25,28-29H2,1-7H3/t34-/m1/s1. The summed E-state index contributed by atoms with van der Waals surface area (Å²) in [6.45, 7) is 24.9. The highest BCUT2D eigenvalue weighted by Crippen LogP contribution is 2.42. The molecular weight excluding hydrogens is 538 g/mol. The Balaban J connectivity index is 2.31. The van der Waals surface area contributed by atoms with Crippen molar-refractivity contribution in [1.29, 1.82) is 0 Å². The normalized spacial score (nSPS) is 12.8. The Kier molecular flexibility index (Phi) is 21.9. The molecule has 0 amide bonds. The first-order valence-corrected chi connectivity index (χ1v) is 19.5. The van der Waals surface area contributed by atoms with Gasteiger partial charge in [0.2, 0.25) is 8.32 Å². The van der Waals surface area contributed by atoms with Gasteiger partial charge in [0.05, 0.1) is 13.2 Å². The van der Waals surface area contributed by atoms with Crippen LogP contribution in [-0.2, 0) is 9.16 Å². The van der Waals surface area contributed by atoms with E-state index in [1.165, 1.54) is 96.3 Å². The molecule has 1 heterocycles. The molecule has 0 spiro atoms. The lowest BCUT2D eigenvalue weighted by molar-refractivity contribution is 0.0204. The van der Waals surface area contributed by atoms with Crippen LogP contribution in [0, 0.1) is 6.57 Å². The molecule has 0 aliphatic rings. The van der Waals surface area contributed by atoms with Crippen molar-refractivity contribution < 1.29 is 13.9 Å². The van der Waals surface area contributed by atoms with E-state index < -0.39 is 8.32 Å². The predicted molar refractivity (Wildman–Crippen MR) is 180 cm³/mol. The summed E-state index contributed by atoms with van der Waals surface area (Å²) in [5, 5.41) is 0. The summed E-state index contributed by atoms with van der Waals surface area (Å²) < 4.78 is 19.2. The zero-order valence-electron chi connectivity index (χ0n) is 28.5. The van der Waals surface area contributed by atoms with Gasteiger partial charge in [0.15, 0.2) is 5.75 Å². The van der Waals surface area contributed by atoms with E-state index in [4.69, 9.17) is 20.5 Å². The highest BCUT2D eigenvalue weighted by molar-refractivity contribution is 6.77. The Labute approximate surface area is 261 Å². The van der Waals surface area contributed by atoms with Crippen LogP contribution in [0.3, 0.4) is 0 Å². The SMILES string of the molecule is [C-]#[N+]c1ncc(O[C@H](COCCCCCCCCCCCCCCCCCC)CO[Si](C(C)C)(C(C)C)C(C)C)cn1. The maximum atomic E-state index is 7.09. The topological polar surface area (TPSA) is 57.8 Å². The van der Waals surface area contributed by atoms with Gasteiger partial charge < -0.3 is 18.7 Å². The van der Waals surface area contributed by atoms with Crippen LogP contribution in [0.4, 0.5) is 5.95 Å². The first-order valence-electron chi connectivity index (χ1n) is 17.4. The molecule has 42 heavy (non-hydrogen) atoms. The van der Waals surface area contributed by atoms with Crippen LogP contribution in [0.25, 0.3) is 4.85 Å². The predicted octanol–water partition coefficient (Wildman–Crippen LogP) is 11.2. The largest absolute Gasteiger partial charge is 0.479 e. The molecule has 7 heteroatoms. The molecule has 0 aromatic carbocycles. The quantitative estimate of drug-likeness (QED) is 0.0568. The van der Waals surface area contributed by atoms with E-state index in [0.717, 1.165) is 13.0 Å². The van der Waals surface area contributed by atoms with E-state index in [0.29, 0.717) is 35.6 Å². The Morgan fingerprint density at radius 1 is 0.667 bits per heavy atom. The summed E-state index contributed by atoms with van der Waals surface area (Å²) in [7, 11) is -2.02. The summed E-state index contributed by atoms with van der Waals surface area (Å²) in [5.74, 6) is 0.675. The second kappa shape index (κ2) is 23.9. The average molecular weight is 604 g/mol. The first kappa shape index (κ1) is 38.5. The fourth-order valence-electron chi connectivity index (χ4n) is 6.44. The molecule has 242 valence electrons. The molecule has 1 aromatic rings. The second-order valence-corrected chi connectivity index (χ2v) is 18.5. The van der Waals surface area contributed by atoms with Crippen LogP contribution in [0.1, 0.15) is 151 Å². The van der Waals surface area contributed by atoms with E-state index in [1.54, 1.807) is 12.4 Å². The number of unbranched alkanes of at least 4 members (excludes halogenated alkanes) is 15. The molecule has 0 fully saturated rings. The molecular formula is C35H65N3O3Si. The molecule has 1 aromatic heterocycles. The van der Waals surface area contributed by atoms with E-state index in [-0.39, 0.29) is 12.1 Å². The zero-order valence-corrected chi connectivity index (χ0v) is 29.5. The Bertz CT molecular complexity index is 789. The van der Waals surface area contributed by atoms with Gasteiger partial charge in [-0.05, 0) is 23.0 Å². The summed E-state index contributed by atoms with van der Waals surface area (Å²) in [5.41, 5.74) is 1.52. The minimum Gasteiger partial charge on any atom is -0.479 e. The molecule has 0 aliphatic heterocycles. The third-order valence-corrected chi connectivity index (χ3v) is 14.8. The van der Waals surface area contributed by atoms with Gasteiger partial charge >= 0.3 is 5.95 Å². The molecule has 0 saturated carbocycles. The summed E-state index contributed by atoms with van der Waals surface area (Å²) in [4.78, 5) is 11.4. The van der Waals surface area contributed by atoms with Crippen LogP contribution in [-0.4, -0.2) is 44.2 Å². The van der Waals surface area contributed by atoms with Gasteiger partial charge in [0, 0.05) is 6.61 Å². The van der Waals surface area contributed by atoms with Gasteiger partial charge in [-0.1, -0.05) is 145 Å². The molecule has 1 rings (SSSR count). The minimum absolute atomic E-state index is 0.126. The second-order valence-electron chi connectivity index (χ2n) is 13.1. The van der Waals surface area contributed by atoms with Crippen molar-refractivity contribution >= 4 is 14.3 Å². The Morgan fingerprint density at radius 3 is 1.50 bits per heavy atom. The third kappa shape index (κ3) is 15.8. The monoisotopic (exact) mass is 603 g/mol. The van der Waals surface area contributed by atoms with Gasteiger partial charge in [0.1, 0.15) is 18.5 Å². The van der Waals surface area contributed by atoms with Crippen LogP contribution in [0.2, 0.25) is 16.6 Å². The van der Waals surface area contributed by atoms with Crippen molar-refractivity contribution in [2.24, 2.45) is 0 Å². The van der Waals surface area contributed by atoms with Crippen molar-refractivity contribution in [3.05, 3.63) is 23.8 Å². The maximum absolute atomic E-state index is 7.09. The van der Waals surface area contributed by atoms with E-state index >= 15 is 0 Å². The Morgan fingerprint density at radius 2 is 1.10 bits per heavy atom. The maximum Gasteiger partial charge on any atom is 0.371 e. The highest BCUT2D eigenvalue weighted by Gasteiger charge is 2.45. The third-order valence-electron chi connectivity index (χ3n) is 8.69. The van der Waals surface area contributed by atoms with Crippen LogP contribution < -0.4 is 4.74 Å². The van der Waals surface area contributed by atoms with Gasteiger partial charge in [0.25, 0.3) is 0 Å². The molecule has 1 atom stereocenters. The number of rotatable bonds is 27. The van der Waals surface area contributed by atoms with Gasteiger partial charge in [-0.3, -0.25) is 0 Å². The van der Waals surface area contributed by atoms with Crippen molar-refractivity contribution in [2.75, 3.05) is 19.8 Å². The number of ether oxygens (including phenoxy) is 2. The van der Waals surface area contributed by atoms with Gasteiger partial charge in [-0.15, -0.1) is 6.57 Å². The highest BCUT2D eigenvalue weighted by atomic mass is 28.4. The molecule has 0 aliphatic carbocycles. The van der Waals surface area contributed by atoms with Crippen molar-refractivity contribution in [3.63, 3.8) is 0 Å². The van der Waals surface area contributed by atoms with Crippen LogP contribution in [0.5, 0.6) is 5.75 Å². The summed E-state index contributed by atoms with van der Waals surface area (Å²) in [6.07, 6.45) is 24.8. The first-order chi connectivity index (χ1) is 20.3. The number of hydrogen-bond donors (Lipinski definition) is 0. The van der Waals surface area contributed by atoms with Crippen molar-refractivity contribution in [2.45, 2.75) is 174 Å². The fourth-order valence-corrected chi connectivity index (χ4v) is 11.9. The molecule has 0 bridgehead atoms.